The van der Waals surface area contributed by atoms with Gasteiger partial charge in [0, 0.05) is 12.2 Å². The number of carbonyl (C=O) groups is 2. The van der Waals surface area contributed by atoms with Crippen LogP contribution in [0, 0.1) is 0 Å². The van der Waals surface area contributed by atoms with Crippen molar-refractivity contribution in [3.05, 3.63) is 0 Å². The standard InChI is InChI=1S/C22H43NO5S/c1-2-3-4-5-6-7-8-9-10-11-12-13-14-15-19(25)21(20(26)16-24)23-18(17-29)22(27)28/h18,20-21,23-24,26,29H,2-17H2,1H3,(H,27,28)/t18-,20+,21?/m1/s1. The van der Waals surface area contributed by atoms with Crippen LogP contribution in [0.25, 0.3) is 0 Å². The molecule has 4 N–H and O–H groups in total. The first-order chi connectivity index (χ1) is 14.0. The molecule has 3 atom stereocenters. The summed E-state index contributed by atoms with van der Waals surface area (Å²) in [6, 6.07) is -2.12. The Bertz CT molecular complexity index is 422. The molecule has 7 heteroatoms. The van der Waals surface area contributed by atoms with Gasteiger partial charge in [-0.05, 0) is 6.42 Å². The minimum Gasteiger partial charge on any atom is -0.480 e. The summed E-state index contributed by atoms with van der Waals surface area (Å²) < 4.78 is 0. The molecule has 0 saturated carbocycles. The van der Waals surface area contributed by atoms with Gasteiger partial charge in [-0.3, -0.25) is 14.9 Å². The molecule has 0 saturated heterocycles. The Morgan fingerprint density at radius 2 is 1.31 bits per heavy atom. The smallest absolute Gasteiger partial charge is 0.321 e. The largest absolute Gasteiger partial charge is 0.480 e. The predicted molar refractivity (Wildman–Crippen MR) is 121 cm³/mol. The fourth-order valence-electron chi connectivity index (χ4n) is 3.42. The molecule has 29 heavy (non-hydrogen) atoms. The van der Waals surface area contributed by atoms with Crippen LogP contribution in [0.4, 0.5) is 0 Å². The zero-order valence-electron chi connectivity index (χ0n) is 18.2. The van der Waals surface area contributed by atoms with E-state index in [2.05, 4.69) is 24.9 Å². The van der Waals surface area contributed by atoms with E-state index in [4.69, 9.17) is 10.2 Å². The maximum atomic E-state index is 12.4. The van der Waals surface area contributed by atoms with Crippen molar-refractivity contribution in [1.29, 1.82) is 0 Å². The van der Waals surface area contributed by atoms with Crippen molar-refractivity contribution in [2.75, 3.05) is 12.4 Å². The van der Waals surface area contributed by atoms with Crippen LogP contribution in [-0.4, -0.2) is 57.6 Å². The molecule has 6 nitrogen and oxygen atoms in total. The van der Waals surface area contributed by atoms with Crippen LogP contribution in [-0.2, 0) is 9.59 Å². The van der Waals surface area contributed by atoms with E-state index in [1.165, 1.54) is 64.2 Å². The van der Waals surface area contributed by atoms with Crippen LogP contribution in [0.1, 0.15) is 96.8 Å². The van der Waals surface area contributed by atoms with Gasteiger partial charge in [-0.25, -0.2) is 0 Å². The number of ketones is 1. The zero-order chi connectivity index (χ0) is 21.9. The van der Waals surface area contributed by atoms with E-state index in [9.17, 15) is 14.7 Å². The lowest BCUT2D eigenvalue weighted by Crippen LogP contribution is -2.54. The molecular formula is C22H43NO5S. The second kappa shape index (κ2) is 19.3. The Morgan fingerprint density at radius 3 is 1.69 bits per heavy atom. The van der Waals surface area contributed by atoms with Gasteiger partial charge >= 0.3 is 5.97 Å². The Morgan fingerprint density at radius 1 is 0.862 bits per heavy atom. The molecule has 1 unspecified atom stereocenters. The Labute approximate surface area is 182 Å². The van der Waals surface area contributed by atoms with E-state index in [0.29, 0.717) is 6.42 Å². The van der Waals surface area contributed by atoms with Crippen LogP contribution in [0.5, 0.6) is 0 Å². The van der Waals surface area contributed by atoms with Crippen LogP contribution in [0.2, 0.25) is 0 Å². The number of thiol groups is 1. The monoisotopic (exact) mass is 433 g/mol. The third-order valence-corrected chi connectivity index (χ3v) is 5.67. The highest BCUT2D eigenvalue weighted by Crippen LogP contribution is 2.13. The molecule has 0 radical (unpaired) electrons. The van der Waals surface area contributed by atoms with Crippen LogP contribution < -0.4 is 5.32 Å². The van der Waals surface area contributed by atoms with Crippen LogP contribution in [0.3, 0.4) is 0 Å². The molecule has 0 aromatic carbocycles. The first-order valence-electron chi connectivity index (χ1n) is 11.4. The number of hydrogen-bond acceptors (Lipinski definition) is 6. The van der Waals surface area contributed by atoms with Gasteiger partial charge in [0.05, 0.1) is 18.8 Å². The highest BCUT2D eigenvalue weighted by Gasteiger charge is 2.30. The van der Waals surface area contributed by atoms with E-state index in [0.717, 1.165) is 12.8 Å². The lowest BCUT2D eigenvalue weighted by molar-refractivity contribution is -0.139. The van der Waals surface area contributed by atoms with Gasteiger partial charge in [0.1, 0.15) is 6.04 Å². The molecule has 0 aliphatic carbocycles. The summed E-state index contributed by atoms with van der Waals surface area (Å²) in [5.74, 6) is -1.40. The molecule has 0 aromatic rings. The number of carboxylic acid groups (broad SMARTS) is 1. The fourth-order valence-corrected chi connectivity index (χ4v) is 3.68. The van der Waals surface area contributed by atoms with Gasteiger partial charge in [0.15, 0.2) is 5.78 Å². The summed E-state index contributed by atoms with van der Waals surface area (Å²) in [7, 11) is 0. The van der Waals surface area contributed by atoms with E-state index >= 15 is 0 Å². The van der Waals surface area contributed by atoms with Crippen molar-refractivity contribution in [2.45, 2.75) is 115 Å². The first-order valence-corrected chi connectivity index (χ1v) is 12.0. The minimum atomic E-state index is -1.31. The lowest BCUT2D eigenvalue weighted by atomic mass is 9.99. The maximum Gasteiger partial charge on any atom is 0.321 e. The second-order valence-electron chi connectivity index (χ2n) is 7.93. The maximum absolute atomic E-state index is 12.4. The van der Waals surface area contributed by atoms with Gasteiger partial charge in [-0.15, -0.1) is 0 Å². The Kier molecular flexibility index (Phi) is 18.9. The van der Waals surface area contributed by atoms with E-state index < -0.39 is 30.8 Å². The van der Waals surface area contributed by atoms with Crippen molar-refractivity contribution in [1.82, 2.24) is 5.32 Å². The van der Waals surface area contributed by atoms with Crippen molar-refractivity contribution in [3.8, 4) is 0 Å². The van der Waals surface area contributed by atoms with E-state index in [1.807, 2.05) is 0 Å². The van der Waals surface area contributed by atoms with Crippen molar-refractivity contribution < 1.29 is 24.9 Å². The summed E-state index contributed by atoms with van der Waals surface area (Å²) in [6.45, 7) is 1.64. The molecule has 0 spiro atoms. The number of carbonyl (C=O) groups excluding carboxylic acids is 1. The molecule has 0 rings (SSSR count). The summed E-state index contributed by atoms with van der Waals surface area (Å²) in [4.78, 5) is 23.5. The highest BCUT2D eigenvalue weighted by atomic mass is 32.1. The molecular weight excluding hydrogens is 390 g/mol. The summed E-state index contributed by atoms with van der Waals surface area (Å²) in [5, 5.41) is 30.7. The molecule has 0 amide bonds. The van der Waals surface area contributed by atoms with E-state index in [-0.39, 0.29) is 18.0 Å². The number of aliphatic carboxylic acids is 1. The topological polar surface area (TPSA) is 107 Å². The third-order valence-electron chi connectivity index (χ3n) is 5.31. The molecule has 0 aromatic heterocycles. The second-order valence-corrected chi connectivity index (χ2v) is 8.29. The van der Waals surface area contributed by atoms with Gasteiger partial charge in [0.25, 0.3) is 0 Å². The molecule has 0 aliphatic heterocycles. The predicted octanol–water partition coefficient (Wildman–Crippen LogP) is 3.73. The number of hydrogen-bond donors (Lipinski definition) is 5. The first kappa shape index (κ1) is 28.4. The Hall–Kier alpha value is -0.630. The SMILES string of the molecule is CCCCCCCCCCCCCCCC(=O)C(N[C@H](CS)C(=O)O)[C@@H](O)CO. The van der Waals surface area contributed by atoms with Crippen molar-refractivity contribution >= 4 is 24.4 Å². The van der Waals surface area contributed by atoms with Crippen molar-refractivity contribution in [2.24, 2.45) is 0 Å². The number of aliphatic hydroxyl groups excluding tert-OH is 2. The minimum absolute atomic E-state index is 0.00397. The average Bonchev–Trinajstić information content (AvgIpc) is 2.71. The summed E-state index contributed by atoms with van der Waals surface area (Å²) >= 11 is 3.96. The van der Waals surface area contributed by atoms with Crippen LogP contribution >= 0.6 is 12.6 Å². The molecule has 0 fully saturated rings. The van der Waals surface area contributed by atoms with Crippen LogP contribution in [0.15, 0.2) is 0 Å². The zero-order valence-corrected chi connectivity index (χ0v) is 19.0. The summed E-state index contributed by atoms with van der Waals surface area (Å²) in [6.07, 6.45) is 14.8. The Balaban J connectivity index is 3.86. The third kappa shape index (κ3) is 14.9. The number of Topliss-reactive ketones (excluding diaryl/α,β-unsaturated/α-hetero) is 1. The number of unbranched alkanes of at least 4 members (excludes halogenated alkanes) is 12. The van der Waals surface area contributed by atoms with Gasteiger partial charge in [0.2, 0.25) is 0 Å². The number of nitrogens with one attached hydrogen (secondary N) is 1. The number of carboxylic acids is 1. The average molecular weight is 434 g/mol. The molecule has 172 valence electrons. The highest BCUT2D eigenvalue weighted by molar-refractivity contribution is 7.80. The normalized spacial score (nSPS) is 14.5. The quantitative estimate of drug-likeness (QED) is 0.139. The molecule has 0 aliphatic rings. The van der Waals surface area contributed by atoms with Gasteiger partial charge in [-0.2, -0.15) is 12.6 Å². The van der Waals surface area contributed by atoms with Gasteiger partial charge < -0.3 is 15.3 Å². The number of aliphatic hydroxyl groups is 2. The fraction of sp³-hybridized carbons (Fsp3) is 0.909. The van der Waals surface area contributed by atoms with Gasteiger partial charge in [-0.1, -0.05) is 84.0 Å². The van der Waals surface area contributed by atoms with Crippen molar-refractivity contribution in [3.63, 3.8) is 0 Å². The molecule has 0 heterocycles. The lowest BCUT2D eigenvalue weighted by Gasteiger charge is -2.24. The number of rotatable bonds is 21. The van der Waals surface area contributed by atoms with E-state index in [1.54, 1.807) is 0 Å². The summed E-state index contributed by atoms with van der Waals surface area (Å²) in [5.41, 5.74) is 0. The molecule has 0 bridgehead atoms.